The highest BCUT2D eigenvalue weighted by molar-refractivity contribution is 5.83. The fourth-order valence-electron chi connectivity index (χ4n) is 2.16. The van der Waals surface area contributed by atoms with Crippen molar-refractivity contribution in [1.29, 1.82) is 0 Å². The predicted molar refractivity (Wildman–Crippen MR) is 79.6 cm³/mol. The third kappa shape index (κ3) is 5.31. The van der Waals surface area contributed by atoms with E-state index in [1.165, 1.54) is 0 Å². The molecule has 1 aromatic rings. The van der Waals surface area contributed by atoms with Crippen LogP contribution in [0.1, 0.15) is 31.7 Å². The summed E-state index contributed by atoms with van der Waals surface area (Å²) in [4.78, 5) is 12.4. The van der Waals surface area contributed by atoms with E-state index in [1.807, 2.05) is 30.3 Å². The minimum Gasteiger partial charge on any atom is -0.394 e. The predicted octanol–water partition coefficient (Wildman–Crippen LogP) is 1.94. The van der Waals surface area contributed by atoms with Crippen molar-refractivity contribution in [2.45, 2.75) is 26.2 Å². The van der Waals surface area contributed by atoms with Gasteiger partial charge in [0.2, 0.25) is 5.91 Å². The lowest BCUT2D eigenvalue weighted by Gasteiger charge is -2.22. The number of carbonyl (C=O) groups is 1. The molecule has 1 aromatic carbocycles. The van der Waals surface area contributed by atoms with E-state index in [2.05, 4.69) is 19.2 Å². The molecule has 0 radical (unpaired) electrons. The van der Waals surface area contributed by atoms with E-state index >= 15 is 0 Å². The molecule has 0 spiro atoms. The third-order valence-corrected chi connectivity index (χ3v) is 3.44. The summed E-state index contributed by atoms with van der Waals surface area (Å²) in [7, 11) is 0. The van der Waals surface area contributed by atoms with Crippen LogP contribution in [-0.4, -0.2) is 37.4 Å². The molecule has 0 saturated carbocycles. The topological polar surface area (TPSA) is 58.6 Å². The molecular formula is C16H25NO3. The molecule has 4 heteroatoms. The second-order valence-electron chi connectivity index (χ2n) is 4.90. The zero-order valence-electron chi connectivity index (χ0n) is 12.3. The number of aliphatic hydroxyl groups is 1. The van der Waals surface area contributed by atoms with Crippen LogP contribution in [0.4, 0.5) is 0 Å². The van der Waals surface area contributed by atoms with Crippen molar-refractivity contribution in [1.82, 2.24) is 5.32 Å². The molecule has 0 aromatic heterocycles. The van der Waals surface area contributed by atoms with E-state index in [0.717, 1.165) is 12.0 Å². The van der Waals surface area contributed by atoms with Crippen LogP contribution in [0.15, 0.2) is 30.3 Å². The summed E-state index contributed by atoms with van der Waals surface area (Å²) < 4.78 is 5.14. The average Bonchev–Trinajstić information content (AvgIpc) is 2.48. The molecular weight excluding hydrogens is 254 g/mol. The molecule has 0 bridgehead atoms. The van der Waals surface area contributed by atoms with Crippen molar-refractivity contribution >= 4 is 5.91 Å². The molecule has 0 aliphatic heterocycles. The van der Waals surface area contributed by atoms with Crippen LogP contribution in [0.5, 0.6) is 0 Å². The maximum atomic E-state index is 12.4. The number of amides is 1. The second-order valence-corrected chi connectivity index (χ2v) is 4.90. The van der Waals surface area contributed by atoms with Gasteiger partial charge in [-0.1, -0.05) is 50.6 Å². The Bertz CT molecular complexity index is 381. The molecule has 4 nitrogen and oxygen atoms in total. The first-order valence-electron chi connectivity index (χ1n) is 7.22. The summed E-state index contributed by atoms with van der Waals surface area (Å²) in [6, 6.07) is 9.87. The summed E-state index contributed by atoms with van der Waals surface area (Å²) in [5, 5.41) is 11.5. The normalized spacial score (nSPS) is 13.8. The van der Waals surface area contributed by atoms with Gasteiger partial charge >= 0.3 is 0 Å². The summed E-state index contributed by atoms with van der Waals surface area (Å²) in [5.41, 5.74) is 1.05. The fourth-order valence-corrected chi connectivity index (χ4v) is 2.16. The molecule has 0 aliphatic rings. The molecule has 0 heterocycles. The third-order valence-electron chi connectivity index (χ3n) is 3.44. The van der Waals surface area contributed by atoms with Gasteiger partial charge in [-0.15, -0.1) is 0 Å². The van der Waals surface area contributed by atoms with Crippen LogP contribution in [0.25, 0.3) is 0 Å². The number of hydrogen-bond donors (Lipinski definition) is 2. The van der Waals surface area contributed by atoms with Gasteiger partial charge in [-0.3, -0.25) is 4.79 Å². The summed E-state index contributed by atoms with van der Waals surface area (Å²) in [5.74, 6) is 0.202. The molecule has 112 valence electrons. The van der Waals surface area contributed by atoms with Crippen molar-refractivity contribution in [3.63, 3.8) is 0 Å². The first kappa shape index (κ1) is 16.7. The Morgan fingerprint density at radius 2 is 2.00 bits per heavy atom. The molecule has 0 aliphatic carbocycles. The monoisotopic (exact) mass is 279 g/mol. The van der Waals surface area contributed by atoms with Gasteiger partial charge in [-0.25, -0.2) is 0 Å². The zero-order chi connectivity index (χ0) is 14.8. The standard InChI is InChI=1S/C16H25NO3/c1-3-13(2)15(14-7-5-4-6-8-14)16(19)17-9-11-20-12-10-18/h4-8,13,15,18H,3,9-12H2,1-2H3,(H,17,19). The SMILES string of the molecule is CCC(C)C(C(=O)NCCOCCO)c1ccccc1. The maximum Gasteiger partial charge on any atom is 0.227 e. The largest absolute Gasteiger partial charge is 0.394 e. The fraction of sp³-hybridized carbons (Fsp3) is 0.562. The van der Waals surface area contributed by atoms with Crippen molar-refractivity contribution in [3.05, 3.63) is 35.9 Å². The van der Waals surface area contributed by atoms with Crippen LogP contribution >= 0.6 is 0 Å². The van der Waals surface area contributed by atoms with Gasteiger partial charge in [-0.05, 0) is 11.5 Å². The summed E-state index contributed by atoms with van der Waals surface area (Å²) in [6.07, 6.45) is 0.952. The number of hydrogen-bond acceptors (Lipinski definition) is 3. The van der Waals surface area contributed by atoms with E-state index in [0.29, 0.717) is 19.8 Å². The minimum absolute atomic E-state index is 0.00740. The number of nitrogens with one attached hydrogen (secondary N) is 1. The van der Waals surface area contributed by atoms with Crippen LogP contribution in [0.2, 0.25) is 0 Å². The highest BCUT2D eigenvalue weighted by Gasteiger charge is 2.25. The number of carbonyl (C=O) groups excluding carboxylic acids is 1. The lowest BCUT2D eigenvalue weighted by atomic mass is 9.85. The minimum atomic E-state index is -0.126. The number of aliphatic hydroxyl groups excluding tert-OH is 1. The first-order valence-corrected chi connectivity index (χ1v) is 7.22. The Balaban J connectivity index is 2.58. The molecule has 1 rings (SSSR count). The van der Waals surface area contributed by atoms with Crippen molar-refractivity contribution in [2.75, 3.05) is 26.4 Å². The molecule has 0 saturated heterocycles. The number of rotatable bonds is 9. The Morgan fingerprint density at radius 3 is 2.60 bits per heavy atom. The molecule has 0 fully saturated rings. The van der Waals surface area contributed by atoms with E-state index in [1.54, 1.807) is 0 Å². The van der Waals surface area contributed by atoms with Gasteiger partial charge in [-0.2, -0.15) is 0 Å². The van der Waals surface area contributed by atoms with Crippen LogP contribution < -0.4 is 5.32 Å². The van der Waals surface area contributed by atoms with Gasteiger partial charge in [0, 0.05) is 6.54 Å². The Hall–Kier alpha value is -1.39. The smallest absolute Gasteiger partial charge is 0.227 e. The zero-order valence-corrected chi connectivity index (χ0v) is 12.3. The van der Waals surface area contributed by atoms with E-state index in [-0.39, 0.29) is 24.3 Å². The lowest BCUT2D eigenvalue weighted by molar-refractivity contribution is -0.123. The maximum absolute atomic E-state index is 12.4. The quantitative estimate of drug-likeness (QED) is 0.679. The lowest BCUT2D eigenvalue weighted by Crippen LogP contribution is -2.34. The van der Waals surface area contributed by atoms with Gasteiger partial charge in [0.1, 0.15) is 0 Å². The molecule has 20 heavy (non-hydrogen) atoms. The van der Waals surface area contributed by atoms with Crippen LogP contribution in [0, 0.1) is 5.92 Å². The van der Waals surface area contributed by atoms with E-state index < -0.39 is 0 Å². The molecule has 1 amide bonds. The number of ether oxygens (including phenoxy) is 1. The van der Waals surface area contributed by atoms with E-state index in [9.17, 15) is 4.79 Å². The van der Waals surface area contributed by atoms with Gasteiger partial charge in [0.05, 0.1) is 25.7 Å². The second kappa shape index (κ2) is 9.50. The van der Waals surface area contributed by atoms with Gasteiger partial charge in [0.15, 0.2) is 0 Å². The molecule has 2 N–H and O–H groups in total. The van der Waals surface area contributed by atoms with Crippen LogP contribution in [0.3, 0.4) is 0 Å². The Morgan fingerprint density at radius 1 is 1.30 bits per heavy atom. The highest BCUT2D eigenvalue weighted by atomic mass is 16.5. The molecule has 2 unspecified atom stereocenters. The summed E-state index contributed by atoms with van der Waals surface area (Å²) in [6.45, 7) is 5.40. The van der Waals surface area contributed by atoms with E-state index in [4.69, 9.17) is 9.84 Å². The van der Waals surface area contributed by atoms with Crippen molar-refractivity contribution < 1.29 is 14.6 Å². The Labute approximate surface area is 121 Å². The molecule has 2 atom stereocenters. The number of benzene rings is 1. The van der Waals surface area contributed by atoms with Gasteiger partial charge in [0.25, 0.3) is 0 Å². The van der Waals surface area contributed by atoms with Crippen LogP contribution in [-0.2, 0) is 9.53 Å². The van der Waals surface area contributed by atoms with Crippen molar-refractivity contribution in [3.8, 4) is 0 Å². The highest BCUT2D eigenvalue weighted by Crippen LogP contribution is 2.26. The van der Waals surface area contributed by atoms with Crippen molar-refractivity contribution in [2.24, 2.45) is 5.92 Å². The summed E-state index contributed by atoms with van der Waals surface area (Å²) >= 11 is 0. The average molecular weight is 279 g/mol. The van der Waals surface area contributed by atoms with Gasteiger partial charge < -0.3 is 15.2 Å². The first-order chi connectivity index (χ1) is 9.70. The Kier molecular flexibility index (Phi) is 7.92.